The maximum Gasteiger partial charge on any atom is 0.416 e. The summed E-state index contributed by atoms with van der Waals surface area (Å²) in [6, 6.07) is 18.4. The van der Waals surface area contributed by atoms with Gasteiger partial charge in [-0.3, -0.25) is 4.79 Å². The van der Waals surface area contributed by atoms with E-state index in [0.717, 1.165) is 5.56 Å². The van der Waals surface area contributed by atoms with Crippen molar-refractivity contribution in [2.45, 2.75) is 32.4 Å². The molecule has 0 saturated carbocycles. The van der Waals surface area contributed by atoms with E-state index in [0.29, 0.717) is 12.0 Å². The van der Waals surface area contributed by atoms with Crippen LogP contribution in [0.4, 0.5) is 4.79 Å². The smallest absolute Gasteiger partial charge is 0.416 e. The van der Waals surface area contributed by atoms with E-state index in [-0.39, 0.29) is 24.5 Å². The van der Waals surface area contributed by atoms with E-state index < -0.39 is 18.1 Å². The van der Waals surface area contributed by atoms with Gasteiger partial charge in [0.05, 0.1) is 18.1 Å². The third-order valence-corrected chi connectivity index (χ3v) is 5.00. The summed E-state index contributed by atoms with van der Waals surface area (Å²) in [5, 5.41) is 10.8. The summed E-state index contributed by atoms with van der Waals surface area (Å²) in [4.78, 5) is 26.8. The monoisotopic (exact) mass is 367 g/mol. The first-order valence-corrected chi connectivity index (χ1v) is 9.25. The van der Waals surface area contributed by atoms with Crippen LogP contribution >= 0.6 is 0 Å². The number of cyclic esters (lactones) is 1. The van der Waals surface area contributed by atoms with Crippen LogP contribution in [-0.2, 0) is 16.0 Å². The van der Waals surface area contributed by atoms with Crippen LogP contribution in [0.15, 0.2) is 60.7 Å². The van der Waals surface area contributed by atoms with Crippen LogP contribution < -0.4 is 0 Å². The van der Waals surface area contributed by atoms with Crippen LogP contribution in [0.5, 0.6) is 0 Å². The largest absolute Gasteiger partial charge is 0.447 e. The molecule has 2 aromatic rings. The number of amides is 2. The van der Waals surface area contributed by atoms with Crippen molar-refractivity contribution in [3.8, 4) is 0 Å². The van der Waals surface area contributed by atoms with Crippen molar-refractivity contribution in [1.82, 2.24) is 4.90 Å². The minimum atomic E-state index is -0.982. The predicted octanol–water partition coefficient (Wildman–Crippen LogP) is 3.58. The van der Waals surface area contributed by atoms with Crippen molar-refractivity contribution in [3.05, 3.63) is 71.8 Å². The molecular weight excluding hydrogens is 342 g/mol. The summed E-state index contributed by atoms with van der Waals surface area (Å²) < 4.78 is 5.17. The summed E-state index contributed by atoms with van der Waals surface area (Å²) in [7, 11) is 0. The molecule has 1 heterocycles. The Morgan fingerprint density at radius 3 is 2.30 bits per heavy atom. The second kappa shape index (κ2) is 8.35. The third-order valence-electron chi connectivity index (χ3n) is 5.00. The highest BCUT2D eigenvalue weighted by atomic mass is 16.6. The summed E-state index contributed by atoms with van der Waals surface area (Å²) in [6.07, 6.45) is -1.08. The molecule has 0 aliphatic carbocycles. The second-order valence-electron chi connectivity index (χ2n) is 7.25. The van der Waals surface area contributed by atoms with Crippen molar-refractivity contribution >= 4 is 12.0 Å². The number of aliphatic hydroxyl groups excluding tert-OH is 1. The Balaban J connectivity index is 1.84. The minimum Gasteiger partial charge on any atom is -0.447 e. The molecule has 0 radical (unpaired) electrons. The van der Waals surface area contributed by atoms with Crippen LogP contribution in [0.25, 0.3) is 0 Å². The Morgan fingerprint density at radius 2 is 1.70 bits per heavy atom. The number of benzene rings is 2. The Bertz CT molecular complexity index is 775. The highest BCUT2D eigenvalue weighted by molar-refractivity contribution is 5.95. The number of hydrogen-bond donors (Lipinski definition) is 1. The molecule has 0 unspecified atom stereocenters. The van der Waals surface area contributed by atoms with Gasteiger partial charge < -0.3 is 9.84 Å². The molecule has 3 rings (SSSR count). The molecule has 142 valence electrons. The van der Waals surface area contributed by atoms with Gasteiger partial charge in [-0.2, -0.15) is 0 Å². The van der Waals surface area contributed by atoms with Crippen molar-refractivity contribution in [2.75, 3.05) is 6.61 Å². The molecule has 1 fully saturated rings. The SMILES string of the molecule is CC(C)[C@@H](C(=O)N1C(=O)OC[C@@H]1Cc1ccccc1)[C@H](O)c1ccccc1. The number of nitrogens with zero attached hydrogens (tertiary/aromatic N) is 1. The van der Waals surface area contributed by atoms with Crippen molar-refractivity contribution in [2.24, 2.45) is 11.8 Å². The van der Waals surface area contributed by atoms with Gasteiger partial charge >= 0.3 is 6.09 Å². The topological polar surface area (TPSA) is 66.8 Å². The first kappa shape index (κ1) is 19.1. The highest BCUT2D eigenvalue weighted by Crippen LogP contribution is 2.32. The van der Waals surface area contributed by atoms with E-state index in [1.807, 2.05) is 62.4 Å². The lowest BCUT2D eigenvalue weighted by atomic mass is 9.85. The molecule has 1 aliphatic heterocycles. The maximum absolute atomic E-state index is 13.3. The zero-order chi connectivity index (χ0) is 19.4. The Hall–Kier alpha value is -2.66. The van der Waals surface area contributed by atoms with E-state index >= 15 is 0 Å². The Kier molecular flexibility index (Phi) is 5.91. The molecule has 0 aromatic heterocycles. The van der Waals surface area contributed by atoms with Crippen LogP contribution in [0, 0.1) is 11.8 Å². The highest BCUT2D eigenvalue weighted by Gasteiger charge is 2.43. The fourth-order valence-electron chi connectivity index (χ4n) is 3.57. The Morgan fingerprint density at radius 1 is 1.11 bits per heavy atom. The number of hydrogen-bond acceptors (Lipinski definition) is 4. The molecule has 5 heteroatoms. The molecule has 1 saturated heterocycles. The van der Waals surface area contributed by atoms with E-state index in [1.54, 1.807) is 12.1 Å². The van der Waals surface area contributed by atoms with Crippen molar-refractivity contribution in [3.63, 3.8) is 0 Å². The van der Waals surface area contributed by atoms with Crippen LogP contribution in [-0.4, -0.2) is 34.7 Å². The second-order valence-corrected chi connectivity index (χ2v) is 7.25. The number of carbonyl (C=O) groups is 2. The van der Waals surface area contributed by atoms with Gasteiger partial charge in [0.15, 0.2) is 0 Å². The van der Waals surface area contributed by atoms with Gasteiger partial charge in [0.2, 0.25) is 5.91 Å². The molecule has 2 amide bonds. The number of aliphatic hydroxyl groups is 1. The normalized spacial score (nSPS) is 19.0. The molecule has 1 N–H and O–H groups in total. The fraction of sp³-hybridized carbons (Fsp3) is 0.364. The summed E-state index contributed by atoms with van der Waals surface area (Å²) in [5.41, 5.74) is 1.69. The number of carbonyl (C=O) groups excluding carboxylic acids is 2. The molecule has 0 bridgehead atoms. The average molecular weight is 367 g/mol. The van der Waals surface area contributed by atoms with E-state index in [9.17, 15) is 14.7 Å². The average Bonchev–Trinajstić information content (AvgIpc) is 3.03. The number of ether oxygens (including phenoxy) is 1. The molecule has 5 nitrogen and oxygen atoms in total. The summed E-state index contributed by atoms with van der Waals surface area (Å²) in [5.74, 6) is -1.25. The first-order chi connectivity index (χ1) is 13.0. The van der Waals surface area contributed by atoms with E-state index in [2.05, 4.69) is 0 Å². The fourth-order valence-corrected chi connectivity index (χ4v) is 3.57. The molecule has 0 spiro atoms. The maximum atomic E-state index is 13.3. The lowest BCUT2D eigenvalue weighted by Gasteiger charge is -2.30. The predicted molar refractivity (Wildman–Crippen MR) is 102 cm³/mol. The lowest BCUT2D eigenvalue weighted by molar-refractivity contribution is -0.139. The summed E-state index contributed by atoms with van der Waals surface area (Å²) in [6.45, 7) is 3.93. The first-order valence-electron chi connectivity index (χ1n) is 9.25. The van der Waals surface area contributed by atoms with E-state index in [1.165, 1.54) is 4.90 Å². The van der Waals surface area contributed by atoms with Crippen LogP contribution in [0.2, 0.25) is 0 Å². The number of rotatable bonds is 6. The standard InChI is InChI=1S/C22H25NO4/c1-15(2)19(20(24)17-11-7-4-8-12-17)21(25)23-18(14-27-22(23)26)13-16-9-5-3-6-10-16/h3-12,15,18-20,24H,13-14H2,1-2H3/t18-,19+,20+/m0/s1. The van der Waals surface area contributed by atoms with Crippen LogP contribution in [0.3, 0.4) is 0 Å². The van der Waals surface area contributed by atoms with Gasteiger partial charge in [0.1, 0.15) is 6.61 Å². The molecule has 2 aromatic carbocycles. The third kappa shape index (κ3) is 4.19. The van der Waals surface area contributed by atoms with Gasteiger partial charge in [0.25, 0.3) is 0 Å². The van der Waals surface area contributed by atoms with Crippen LogP contribution in [0.1, 0.15) is 31.1 Å². The number of imide groups is 1. The molecular formula is C22H25NO4. The van der Waals surface area contributed by atoms with Gasteiger partial charge in [0, 0.05) is 0 Å². The van der Waals surface area contributed by atoms with Gasteiger partial charge in [-0.25, -0.2) is 9.69 Å². The van der Waals surface area contributed by atoms with Crippen molar-refractivity contribution in [1.29, 1.82) is 0 Å². The van der Waals surface area contributed by atoms with Gasteiger partial charge in [-0.1, -0.05) is 74.5 Å². The Labute approximate surface area is 159 Å². The van der Waals surface area contributed by atoms with Gasteiger partial charge in [-0.15, -0.1) is 0 Å². The zero-order valence-corrected chi connectivity index (χ0v) is 15.6. The molecule has 3 atom stereocenters. The van der Waals surface area contributed by atoms with E-state index in [4.69, 9.17) is 4.74 Å². The van der Waals surface area contributed by atoms with Gasteiger partial charge in [-0.05, 0) is 23.5 Å². The minimum absolute atomic E-state index is 0.140. The lowest BCUT2D eigenvalue weighted by Crippen LogP contribution is -2.46. The summed E-state index contributed by atoms with van der Waals surface area (Å²) >= 11 is 0. The molecule has 1 aliphatic rings. The zero-order valence-electron chi connectivity index (χ0n) is 15.6. The molecule has 27 heavy (non-hydrogen) atoms. The van der Waals surface area contributed by atoms with Crippen molar-refractivity contribution < 1.29 is 19.4 Å². The quantitative estimate of drug-likeness (QED) is 0.847.